The third-order valence-corrected chi connectivity index (χ3v) is 5.06. The molecule has 1 unspecified atom stereocenters. The van der Waals surface area contributed by atoms with Crippen molar-refractivity contribution in [2.24, 2.45) is 0 Å². The maximum atomic E-state index is 5.87. The van der Waals surface area contributed by atoms with E-state index in [4.69, 9.17) is 9.47 Å². The molecule has 0 aromatic heterocycles. The average molecular weight is 291 g/mol. The van der Waals surface area contributed by atoms with Gasteiger partial charge in [-0.1, -0.05) is 26.0 Å². The Bertz CT molecular complexity index is 446. The van der Waals surface area contributed by atoms with Crippen LogP contribution in [0.4, 0.5) is 0 Å². The molecule has 0 radical (unpaired) electrons. The van der Waals surface area contributed by atoms with Crippen LogP contribution in [0.5, 0.6) is 5.75 Å². The van der Waals surface area contributed by atoms with Crippen LogP contribution in [0.2, 0.25) is 0 Å². The largest absolute Gasteiger partial charge is 0.493 e. The van der Waals surface area contributed by atoms with Crippen LogP contribution in [0.3, 0.4) is 0 Å². The first-order valence-electron chi connectivity index (χ1n) is 8.16. The van der Waals surface area contributed by atoms with Crippen molar-refractivity contribution in [2.45, 2.75) is 57.6 Å². The van der Waals surface area contributed by atoms with Gasteiger partial charge in [0, 0.05) is 19.6 Å². The summed E-state index contributed by atoms with van der Waals surface area (Å²) in [6.07, 6.45) is 5.27. The van der Waals surface area contributed by atoms with Crippen molar-refractivity contribution < 1.29 is 9.47 Å². The van der Waals surface area contributed by atoms with Gasteiger partial charge in [0.25, 0.3) is 0 Å². The van der Waals surface area contributed by atoms with Crippen molar-refractivity contribution in [2.75, 3.05) is 20.8 Å². The van der Waals surface area contributed by atoms with Gasteiger partial charge in [-0.3, -0.25) is 0 Å². The minimum absolute atomic E-state index is 0.0609. The van der Waals surface area contributed by atoms with Crippen molar-refractivity contribution in [1.82, 2.24) is 5.32 Å². The molecule has 21 heavy (non-hydrogen) atoms. The summed E-state index contributed by atoms with van der Waals surface area (Å²) in [4.78, 5) is 0. The number of fused-ring (bicyclic) bond motifs is 1. The van der Waals surface area contributed by atoms with Crippen LogP contribution in [0.15, 0.2) is 18.2 Å². The van der Waals surface area contributed by atoms with Crippen LogP contribution in [0.1, 0.15) is 44.2 Å². The number of rotatable bonds is 8. The first-order valence-corrected chi connectivity index (χ1v) is 8.16. The molecular formula is C18H29NO2. The number of nitrogens with one attached hydrogen (secondary N) is 1. The molecule has 0 bridgehead atoms. The topological polar surface area (TPSA) is 30.5 Å². The Morgan fingerprint density at radius 2 is 2.10 bits per heavy atom. The monoisotopic (exact) mass is 291 g/mol. The Balaban J connectivity index is 2.03. The molecule has 0 aliphatic carbocycles. The molecule has 3 heteroatoms. The van der Waals surface area contributed by atoms with Crippen molar-refractivity contribution in [3.63, 3.8) is 0 Å². The highest BCUT2D eigenvalue weighted by molar-refractivity contribution is 5.39. The zero-order chi connectivity index (χ0) is 15.3. The molecule has 1 aromatic carbocycles. The molecule has 0 saturated heterocycles. The number of ether oxygens (including phenoxy) is 2. The number of benzene rings is 1. The molecule has 0 spiro atoms. The molecule has 1 aliphatic rings. The van der Waals surface area contributed by atoms with Crippen LogP contribution in [0, 0.1) is 0 Å². The van der Waals surface area contributed by atoms with E-state index in [1.165, 1.54) is 11.1 Å². The summed E-state index contributed by atoms with van der Waals surface area (Å²) < 4.78 is 11.4. The normalized spacial score (nSPS) is 15.6. The van der Waals surface area contributed by atoms with E-state index < -0.39 is 0 Å². The van der Waals surface area contributed by atoms with Gasteiger partial charge in [0.2, 0.25) is 0 Å². The summed E-state index contributed by atoms with van der Waals surface area (Å²) in [7, 11) is 3.88. The molecule has 0 amide bonds. The van der Waals surface area contributed by atoms with Crippen molar-refractivity contribution >= 4 is 0 Å². The Morgan fingerprint density at radius 3 is 2.71 bits per heavy atom. The minimum atomic E-state index is -0.0609. The summed E-state index contributed by atoms with van der Waals surface area (Å²) in [5.74, 6) is 1.07. The number of hydrogen-bond donors (Lipinski definition) is 1. The summed E-state index contributed by atoms with van der Waals surface area (Å²) in [5, 5.41) is 3.47. The Labute approximate surface area is 129 Å². The Morgan fingerprint density at radius 1 is 1.33 bits per heavy atom. The minimum Gasteiger partial charge on any atom is -0.493 e. The van der Waals surface area contributed by atoms with Crippen LogP contribution < -0.4 is 10.1 Å². The molecule has 1 heterocycles. The number of aryl methyl sites for hydroxylation is 1. The molecule has 0 fully saturated rings. The Kier molecular flexibility index (Phi) is 5.65. The van der Waals surface area contributed by atoms with Gasteiger partial charge < -0.3 is 14.8 Å². The smallest absolute Gasteiger partial charge is 0.122 e. The first-order chi connectivity index (χ1) is 10.2. The van der Waals surface area contributed by atoms with Crippen molar-refractivity contribution in [3.8, 4) is 5.75 Å². The fourth-order valence-corrected chi connectivity index (χ4v) is 3.55. The lowest BCUT2D eigenvalue weighted by Gasteiger charge is -2.38. The van der Waals surface area contributed by atoms with Gasteiger partial charge in [0.05, 0.1) is 12.2 Å². The summed E-state index contributed by atoms with van der Waals surface area (Å²) in [5.41, 5.74) is 2.70. The van der Waals surface area contributed by atoms with E-state index in [1.54, 1.807) is 0 Å². The quantitative estimate of drug-likeness (QED) is 0.797. The van der Waals surface area contributed by atoms with Gasteiger partial charge in [-0.2, -0.15) is 0 Å². The average Bonchev–Trinajstić information content (AvgIpc) is 2.99. The van der Waals surface area contributed by atoms with E-state index in [0.29, 0.717) is 6.04 Å². The predicted molar refractivity (Wildman–Crippen MR) is 87.1 cm³/mol. The molecule has 1 atom stereocenters. The second kappa shape index (κ2) is 7.28. The third-order valence-electron chi connectivity index (χ3n) is 5.06. The van der Waals surface area contributed by atoms with E-state index in [-0.39, 0.29) is 5.60 Å². The van der Waals surface area contributed by atoms with Crippen LogP contribution in [-0.4, -0.2) is 32.4 Å². The second-order valence-corrected chi connectivity index (χ2v) is 5.90. The SMILES string of the molecule is CCC(CC)(OC)C(CCc1ccc2c(c1)CCO2)NC. The molecule has 1 N–H and O–H groups in total. The van der Waals surface area contributed by atoms with E-state index in [1.807, 2.05) is 14.2 Å². The van der Waals surface area contributed by atoms with Crippen LogP contribution >= 0.6 is 0 Å². The fraction of sp³-hybridized carbons (Fsp3) is 0.667. The summed E-state index contributed by atoms with van der Waals surface area (Å²) in [6.45, 7) is 5.25. The maximum Gasteiger partial charge on any atom is 0.122 e. The molecule has 118 valence electrons. The summed E-state index contributed by atoms with van der Waals surface area (Å²) >= 11 is 0. The Hall–Kier alpha value is -1.06. The highest BCUT2D eigenvalue weighted by Gasteiger charge is 2.34. The molecule has 2 rings (SSSR count). The lowest BCUT2D eigenvalue weighted by molar-refractivity contribution is -0.0474. The number of likely N-dealkylation sites (N-methyl/N-ethyl adjacent to an activating group) is 1. The molecule has 1 aromatic rings. The van der Waals surface area contributed by atoms with Gasteiger partial charge in [0.15, 0.2) is 0 Å². The predicted octanol–water partition coefficient (Wildman–Crippen LogP) is 3.35. The molecule has 0 saturated carbocycles. The van der Waals surface area contributed by atoms with Gasteiger partial charge in [-0.15, -0.1) is 0 Å². The highest BCUT2D eigenvalue weighted by atomic mass is 16.5. The maximum absolute atomic E-state index is 5.87. The third kappa shape index (κ3) is 3.41. The standard InChI is InChI=1S/C18H29NO2/c1-5-18(6-2,20-4)17(19-3)10-8-14-7-9-16-15(13-14)11-12-21-16/h7,9,13,17,19H,5-6,8,10-12H2,1-4H3. The van der Waals surface area contributed by atoms with Gasteiger partial charge in [0.1, 0.15) is 5.75 Å². The second-order valence-electron chi connectivity index (χ2n) is 5.90. The zero-order valence-corrected chi connectivity index (χ0v) is 13.9. The number of hydrogen-bond acceptors (Lipinski definition) is 3. The van der Waals surface area contributed by atoms with Crippen molar-refractivity contribution in [1.29, 1.82) is 0 Å². The lowest BCUT2D eigenvalue weighted by Crippen LogP contribution is -2.50. The van der Waals surface area contributed by atoms with E-state index >= 15 is 0 Å². The number of methoxy groups -OCH3 is 1. The zero-order valence-electron chi connectivity index (χ0n) is 13.9. The van der Waals surface area contributed by atoms with E-state index in [0.717, 1.165) is 44.5 Å². The van der Waals surface area contributed by atoms with Crippen LogP contribution in [0.25, 0.3) is 0 Å². The van der Waals surface area contributed by atoms with Gasteiger partial charge in [-0.25, -0.2) is 0 Å². The molecular weight excluding hydrogens is 262 g/mol. The van der Waals surface area contributed by atoms with E-state index in [9.17, 15) is 0 Å². The highest BCUT2D eigenvalue weighted by Crippen LogP contribution is 2.29. The molecule has 3 nitrogen and oxygen atoms in total. The summed E-state index contributed by atoms with van der Waals surface area (Å²) in [6, 6.07) is 7.00. The van der Waals surface area contributed by atoms with E-state index in [2.05, 4.69) is 37.4 Å². The van der Waals surface area contributed by atoms with Gasteiger partial charge in [-0.05, 0) is 49.9 Å². The lowest BCUT2D eigenvalue weighted by atomic mass is 9.84. The van der Waals surface area contributed by atoms with Crippen LogP contribution in [-0.2, 0) is 17.6 Å². The first kappa shape index (κ1) is 16.3. The molecule has 1 aliphatic heterocycles. The van der Waals surface area contributed by atoms with Crippen molar-refractivity contribution in [3.05, 3.63) is 29.3 Å². The van der Waals surface area contributed by atoms with Gasteiger partial charge >= 0.3 is 0 Å². The fourth-order valence-electron chi connectivity index (χ4n) is 3.55.